The second kappa shape index (κ2) is 4.95. The van der Waals surface area contributed by atoms with Crippen molar-refractivity contribution in [3.63, 3.8) is 0 Å². The molecule has 0 spiro atoms. The lowest BCUT2D eigenvalue weighted by Crippen LogP contribution is -2.32. The number of fused-ring (bicyclic) bond motifs is 3. The topological polar surface area (TPSA) is 12.5 Å². The number of hydrogen-bond acceptors (Lipinski definition) is 2. The van der Waals surface area contributed by atoms with Crippen LogP contribution in [0.1, 0.15) is 28.7 Å². The zero-order valence-electron chi connectivity index (χ0n) is 11.6. The molecule has 1 aliphatic heterocycles. The van der Waals surface area contributed by atoms with Crippen molar-refractivity contribution < 1.29 is 4.74 Å². The minimum atomic E-state index is 0.695. The number of rotatable bonds is 2. The number of benzene rings is 2. The van der Waals surface area contributed by atoms with Gasteiger partial charge in [0, 0.05) is 18.7 Å². The predicted molar refractivity (Wildman–Crippen MR) is 79.7 cm³/mol. The predicted octanol–water partition coefficient (Wildman–Crippen LogP) is 3.53. The Bertz CT molecular complexity index is 621. The third-order valence-corrected chi connectivity index (χ3v) is 4.39. The Morgan fingerprint density at radius 2 is 1.85 bits per heavy atom. The molecular formula is C18H19NO. The quantitative estimate of drug-likeness (QED) is 0.823. The monoisotopic (exact) mass is 265 g/mol. The molecule has 0 fully saturated rings. The molecule has 2 aliphatic rings. The second-order valence-corrected chi connectivity index (χ2v) is 5.78. The maximum absolute atomic E-state index is 5.96. The first kappa shape index (κ1) is 12.0. The molecular weight excluding hydrogens is 246 g/mol. The third kappa shape index (κ3) is 2.10. The molecule has 4 rings (SSSR count). The highest BCUT2D eigenvalue weighted by molar-refractivity contribution is 5.48. The summed E-state index contributed by atoms with van der Waals surface area (Å²) >= 11 is 0. The average molecular weight is 265 g/mol. The first-order valence-corrected chi connectivity index (χ1v) is 7.43. The Labute approximate surface area is 120 Å². The van der Waals surface area contributed by atoms with Crippen molar-refractivity contribution in [2.24, 2.45) is 0 Å². The van der Waals surface area contributed by atoms with E-state index < -0.39 is 0 Å². The van der Waals surface area contributed by atoms with Crippen molar-refractivity contribution in [2.45, 2.75) is 32.4 Å². The summed E-state index contributed by atoms with van der Waals surface area (Å²) in [5, 5.41) is 0. The van der Waals surface area contributed by atoms with Crippen LogP contribution in [0.15, 0.2) is 42.5 Å². The Morgan fingerprint density at radius 1 is 0.950 bits per heavy atom. The Morgan fingerprint density at radius 3 is 2.75 bits per heavy atom. The number of hydrogen-bond donors (Lipinski definition) is 0. The SMILES string of the molecule is c1ccc(CN2COc3ccc4c(c3C2)CCC4)cc1. The van der Waals surface area contributed by atoms with Gasteiger partial charge in [-0.2, -0.15) is 0 Å². The molecule has 0 bridgehead atoms. The van der Waals surface area contributed by atoms with Crippen LogP contribution in [-0.2, 0) is 25.9 Å². The van der Waals surface area contributed by atoms with E-state index >= 15 is 0 Å². The van der Waals surface area contributed by atoms with Gasteiger partial charge in [0.15, 0.2) is 0 Å². The van der Waals surface area contributed by atoms with Crippen LogP contribution in [0.3, 0.4) is 0 Å². The van der Waals surface area contributed by atoms with Crippen molar-refractivity contribution in [1.29, 1.82) is 0 Å². The molecule has 0 atom stereocenters. The first-order chi connectivity index (χ1) is 9.90. The van der Waals surface area contributed by atoms with E-state index in [-0.39, 0.29) is 0 Å². The van der Waals surface area contributed by atoms with Gasteiger partial charge < -0.3 is 4.74 Å². The van der Waals surface area contributed by atoms with Crippen LogP contribution in [0.25, 0.3) is 0 Å². The highest BCUT2D eigenvalue weighted by Crippen LogP contribution is 2.35. The van der Waals surface area contributed by atoms with E-state index in [2.05, 4.69) is 47.4 Å². The lowest BCUT2D eigenvalue weighted by atomic mass is 10.0. The minimum absolute atomic E-state index is 0.695. The molecule has 0 radical (unpaired) electrons. The van der Waals surface area contributed by atoms with Crippen molar-refractivity contribution in [2.75, 3.05) is 6.73 Å². The molecule has 0 saturated carbocycles. The summed E-state index contributed by atoms with van der Waals surface area (Å²) < 4.78 is 5.96. The van der Waals surface area contributed by atoms with Crippen LogP contribution < -0.4 is 4.74 Å². The summed E-state index contributed by atoms with van der Waals surface area (Å²) in [7, 11) is 0. The molecule has 1 heterocycles. The molecule has 2 aromatic carbocycles. The Hall–Kier alpha value is -1.80. The smallest absolute Gasteiger partial charge is 0.142 e. The maximum atomic E-state index is 5.96. The van der Waals surface area contributed by atoms with Crippen molar-refractivity contribution in [1.82, 2.24) is 4.90 Å². The average Bonchev–Trinajstić information content (AvgIpc) is 2.97. The van der Waals surface area contributed by atoms with Gasteiger partial charge in [0.1, 0.15) is 12.5 Å². The summed E-state index contributed by atoms with van der Waals surface area (Å²) in [6.45, 7) is 2.68. The standard InChI is InChI=1S/C18H19NO/c1-2-5-14(6-3-1)11-19-12-17-16-8-4-7-15(16)9-10-18(17)20-13-19/h1-3,5-6,9-10H,4,7-8,11-13H2. The summed E-state index contributed by atoms with van der Waals surface area (Å²) in [4.78, 5) is 2.39. The van der Waals surface area contributed by atoms with Gasteiger partial charge in [0.25, 0.3) is 0 Å². The molecule has 0 unspecified atom stereocenters. The summed E-state index contributed by atoms with van der Waals surface area (Å²) in [5.41, 5.74) is 5.88. The first-order valence-electron chi connectivity index (χ1n) is 7.43. The van der Waals surface area contributed by atoms with Gasteiger partial charge in [-0.25, -0.2) is 0 Å². The molecule has 0 amide bonds. The van der Waals surface area contributed by atoms with Gasteiger partial charge in [0.2, 0.25) is 0 Å². The lowest BCUT2D eigenvalue weighted by Gasteiger charge is -2.30. The Kier molecular flexibility index (Phi) is 2.96. The number of aryl methyl sites for hydroxylation is 1. The third-order valence-electron chi connectivity index (χ3n) is 4.39. The number of ether oxygens (including phenoxy) is 1. The van der Waals surface area contributed by atoms with Crippen molar-refractivity contribution >= 4 is 0 Å². The maximum Gasteiger partial charge on any atom is 0.142 e. The molecule has 20 heavy (non-hydrogen) atoms. The fourth-order valence-electron chi connectivity index (χ4n) is 3.40. The second-order valence-electron chi connectivity index (χ2n) is 5.78. The van der Waals surface area contributed by atoms with Gasteiger partial charge in [-0.15, -0.1) is 0 Å². The normalized spacial score (nSPS) is 17.4. The molecule has 2 heteroatoms. The fourth-order valence-corrected chi connectivity index (χ4v) is 3.40. The molecule has 0 saturated heterocycles. The van der Waals surface area contributed by atoms with E-state index in [4.69, 9.17) is 4.74 Å². The fraction of sp³-hybridized carbons (Fsp3) is 0.333. The van der Waals surface area contributed by atoms with Gasteiger partial charge in [-0.1, -0.05) is 36.4 Å². The zero-order chi connectivity index (χ0) is 13.4. The molecule has 102 valence electrons. The largest absolute Gasteiger partial charge is 0.478 e. The van der Waals surface area contributed by atoms with Gasteiger partial charge in [-0.3, -0.25) is 4.90 Å². The van der Waals surface area contributed by atoms with Crippen LogP contribution in [0.4, 0.5) is 0 Å². The van der Waals surface area contributed by atoms with Crippen LogP contribution in [-0.4, -0.2) is 11.6 Å². The van der Waals surface area contributed by atoms with Gasteiger partial charge in [-0.05, 0) is 42.0 Å². The van der Waals surface area contributed by atoms with Crippen LogP contribution in [0.5, 0.6) is 5.75 Å². The van der Waals surface area contributed by atoms with E-state index in [0.29, 0.717) is 6.73 Å². The molecule has 1 aliphatic carbocycles. The van der Waals surface area contributed by atoms with Crippen molar-refractivity contribution in [3.8, 4) is 5.75 Å². The van der Waals surface area contributed by atoms with E-state index in [1.165, 1.54) is 36.0 Å². The minimum Gasteiger partial charge on any atom is -0.478 e. The highest BCUT2D eigenvalue weighted by atomic mass is 16.5. The number of nitrogens with zero attached hydrogens (tertiary/aromatic N) is 1. The van der Waals surface area contributed by atoms with E-state index in [1.807, 2.05) is 0 Å². The van der Waals surface area contributed by atoms with E-state index in [0.717, 1.165) is 18.8 Å². The van der Waals surface area contributed by atoms with E-state index in [1.54, 1.807) is 5.56 Å². The highest BCUT2D eigenvalue weighted by Gasteiger charge is 2.24. The summed E-state index contributed by atoms with van der Waals surface area (Å²) in [6.07, 6.45) is 3.76. The molecule has 0 aromatic heterocycles. The van der Waals surface area contributed by atoms with Crippen LogP contribution in [0, 0.1) is 0 Å². The van der Waals surface area contributed by atoms with Crippen LogP contribution in [0.2, 0.25) is 0 Å². The van der Waals surface area contributed by atoms with E-state index in [9.17, 15) is 0 Å². The van der Waals surface area contributed by atoms with Gasteiger partial charge in [0.05, 0.1) is 0 Å². The Balaban J connectivity index is 1.59. The molecule has 2 nitrogen and oxygen atoms in total. The van der Waals surface area contributed by atoms with Gasteiger partial charge >= 0.3 is 0 Å². The molecule has 0 N–H and O–H groups in total. The lowest BCUT2D eigenvalue weighted by molar-refractivity contribution is 0.0882. The summed E-state index contributed by atoms with van der Waals surface area (Å²) in [6, 6.07) is 15.1. The molecule has 2 aromatic rings. The summed E-state index contributed by atoms with van der Waals surface area (Å²) in [5.74, 6) is 1.11. The van der Waals surface area contributed by atoms with Crippen LogP contribution >= 0.6 is 0 Å². The zero-order valence-corrected chi connectivity index (χ0v) is 11.6. The van der Waals surface area contributed by atoms with Crippen molar-refractivity contribution in [3.05, 3.63) is 64.7 Å².